The Labute approximate surface area is 121 Å². The van der Waals surface area contributed by atoms with Gasteiger partial charge in [0.1, 0.15) is 5.82 Å². The molecule has 2 unspecified atom stereocenters. The van der Waals surface area contributed by atoms with Crippen molar-refractivity contribution in [3.05, 3.63) is 29.6 Å². The van der Waals surface area contributed by atoms with Crippen LogP contribution in [0.2, 0.25) is 0 Å². The van der Waals surface area contributed by atoms with E-state index >= 15 is 0 Å². The zero-order valence-electron chi connectivity index (χ0n) is 11.5. The number of ether oxygens (including phenoxy) is 1. The largest absolute Gasteiger partial charge is 0.381 e. The van der Waals surface area contributed by atoms with Gasteiger partial charge in [0.15, 0.2) is 0 Å². The highest BCUT2D eigenvalue weighted by Gasteiger charge is 2.31. The first kappa shape index (κ1) is 14.0. The summed E-state index contributed by atoms with van der Waals surface area (Å²) in [6.45, 7) is 1.94. The van der Waals surface area contributed by atoms with Crippen LogP contribution in [0.3, 0.4) is 0 Å². The molecule has 2 aliphatic heterocycles. The molecule has 6 heteroatoms. The van der Waals surface area contributed by atoms with E-state index in [2.05, 4.69) is 10.6 Å². The summed E-state index contributed by atoms with van der Waals surface area (Å²) in [4.78, 5) is 24.0. The van der Waals surface area contributed by atoms with E-state index in [-0.39, 0.29) is 18.2 Å². The van der Waals surface area contributed by atoms with Crippen LogP contribution in [0.25, 0.3) is 0 Å². The van der Waals surface area contributed by atoms with Crippen LogP contribution in [0.15, 0.2) is 18.2 Å². The quantitative estimate of drug-likeness (QED) is 0.885. The monoisotopic (exact) mass is 292 g/mol. The molecule has 112 valence electrons. The van der Waals surface area contributed by atoms with Gasteiger partial charge in [0.05, 0.1) is 12.5 Å². The van der Waals surface area contributed by atoms with Gasteiger partial charge in [-0.1, -0.05) is 6.07 Å². The number of hydrogen-bond donors (Lipinski definition) is 2. The van der Waals surface area contributed by atoms with Crippen molar-refractivity contribution in [2.24, 2.45) is 5.92 Å². The molecule has 1 aromatic rings. The number of benzene rings is 1. The van der Waals surface area contributed by atoms with Crippen molar-refractivity contribution in [1.82, 2.24) is 5.32 Å². The van der Waals surface area contributed by atoms with Crippen molar-refractivity contribution in [3.63, 3.8) is 0 Å². The molecule has 1 aromatic carbocycles. The summed E-state index contributed by atoms with van der Waals surface area (Å²) >= 11 is 0. The van der Waals surface area contributed by atoms with E-state index in [0.29, 0.717) is 30.3 Å². The Bertz CT molecular complexity index is 570. The first-order valence-electron chi connectivity index (χ1n) is 7.08. The number of rotatable bonds is 3. The predicted octanol–water partition coefficient (Wildman–Crippen LogP) is 1.40. The number of nitrogens with one attached hydrogen (secondary N) is 2. The second kappa shape index (κ2) is 5.81. The second-order valence-electron chi connectivity index (χ2n) is 5.51. The van der Waals surface area contributed by atoms with E-state index in [1.54, 1.807) is 6.07 Å². The minimum absolute atomic E-state index is 0.0889. The molecule has 3 rings (SSSR count). The molecular weight excluding hydrogens is 275 g/mol. The fourth-order valence-electron chi connectivity index (χ4n) is 2.78. The van der Waals surface area contributed by atoms with Crippen molar-refractivity contribution >= 4 is 17.5 Å². The standard InChI is InChI=1S/C15H17FN2O3/c16-10-1-2-11-12(6-14(19)18-13(11)5-10)15(20)17-7-9-3-4-21-8-9/h1-2,5,9,12H,3-4,6-8H2,(H,17,20)(H,18,19). The number of anilines is 1. The molecule has 21 heavy (non-hydrogen) atoms. The maximum absolute atomic E-state index is 13.2. The first-order valence-corrected chi connectivity index (χ1v) is 7.08. The molecule has 0 bridgehead atoms. The van der Waals surface area contributed by atoms with Gasteiger partial charge in [-0.2, -0.15) is 0 Å². The molecule has 1 saturated heterocycles. The molecule has 2 atom stereocenters. The third-order valence-electron chi connectivity index (χ3n) is 3.96. The van der Waals surface area contributed by atoms with Crippen LogP contribution in [0.4, 0.5) is 10.1 Å². The minimum atomic E-state index is -0.559. The molecule has 0 saturated carbocycles. The lowest BCUT2D eigenvalue weighted by molar-refractivity contribution is -0.126. The highest BCUT2D eigenvalue weighted by atomic mass is 19.1. The van der Waals surface area contributed by atoms with Crippen molar-refractivity contribution in [2.45, 2.75) is 18.8 Å². The maximum Gasteiger partial charge on any atom is 0.228 e. The molecular formula is C15H17FN2O3. The van der Waals surface area contributed by atoms with E-state index < -0.39 is 11.7 Å². The zero-order chi connectivity index (χ0) is 14.8. The number of carbonyl (C=O) groups is 2. The first-order chi connectivity index (χ1) is 10.1. The van der Waals surface area contributed by atoms with Crippen molar-refractivity contribution < 1.29 is 18.7 Å². The van der Waals surface area contributed by atoms with Gasteiger partial charge >= 0.3 is 0 Å². The second-order valence-corrected chi connectivity index (χ2v) is 5.51. The summed E-state index contributed by atoms with van der Waals surface area (Å²) in [6, 6.07) is 4.12. The number of fused-ring (bicyclic) bond motifs is 1. The Morgan fingerprint density at radius 2 is 2.33 bits per heavy atom. The highest BCUT2D eigenvalue weighted by Crippen LogP contribution is 2.32. The Morgan fingerprint density at radius 1 is 1.48 bits per heavy atom. The Morgan fingerprint density at radius 3 is 3.10 bits per heavy atom. The normalized spacial score (nSPS) is 24.3. The van der Waals surface area contributed by atoms with E-state index in [9.17, 15) is 14.0 Å². The molecule has 0 aliphatic carbocycles. The summed E-state index contributed by atoms with van der Waals surface area (Å²) in [5.41, 5.74) is 1.05. The molecule has 2 aliphatic rings. The Kier molecular flexibility index (Phi) is 3.88. The van der Waals surface area contributed by atoms with E-state index in [1.165, 1.54) is 12.1 Å². The van der Waals surface area contributed by atoms with Gasteiger partial charge in [0.2, 0.25) is 11.8 Å². The average Bonchev–Trinajstić information content (AvgIpc) is 2.96. The van der Waals surface area contributed by atoms with Crippen LogP contribution in [0.1, 0.15) is 24.3 Å². The maximum atomic E-state index is 13.2. The molecule has 5 nitrogen and oxygen atoms in total. The van der Waals surface area contributed by atoms with Gasteiger partial charge in [-0.25, -0.2) is 4.39 Å². The molecule has 2 amide bonds. The summed E-state index contributed by atoms with van der Waals surface area (Å²) in [6.07, 6.45) is 1.03. The summed E-state index contributed by atoms with van der Waals surface area (Å²) < 4.78 is 18.5. The van der Waals surface area contributed by atoms with Crippen molar-refractivity contribution in [2.75, 3.05) is 25.1 Å². The SMILES string of the molecule is O=C1CC(C(=O)NCC2CCOC2)c2ccc(F)cc2N1. The van der Waals surface area contributed by atoms with Gasteiger partial charge in [0, 0.05) is 31.2 Å². The Hall–Kier alpha value is -1.95. The lowest BCUT2D eigenvalue weighted by Crippen LogP contribution is -2.37. The number of halogens is 1. The molecule has 0 spiro atoms. The zero-order valence-corrected chi connectivity index (χ0v) is 11.5. The number of hydrogen-bond acceptors (Lipinski definition) is 3. The van der Waals surface area contributed by atoms with Gasteiger partial charge < -0.3 is 15.4 Å². The topological polar surface area (TPSA) is 67.4 Å². The van der Waals surface area contributed by atoms with Crippen molar-refractivity contribution in [1.29, 1.82) is 0 Å². The third kappa shape index (κ3) is 3.05. The molecule has 0 radical (unpaired) electrons. The van der Waals surface area contributed by atoms with Gasteiger partial charge in [-0.15, -0.1) is 0 Å². The molecule has 1 fully saturated rings. The van der Waals surface area contributed by atoms with E-state index in [1.807, 2.05) is 0 Å². The van der Waals surface area contributed by atoms with Crippen LogP contribution in [0.5, 0.6) is 0 Å². The molecule has 2 N–H and O–H groups in total. The summed E-state index contributed by atoms with van der Waals surface area (Å²) in [5, 5.41) is 5.48. The fraction of sp³-hybridized carbons (Fsp3) is 0.467. The fourth-order valence-corrected chi connectivity index (χ4v) is 2.78. The van der Waals surface area contributed by atoms with Gasteiger partial charge in [0.25, 0.3) is 0 Å². The average molecular weight is 292 g/mol. The molecule has 2 heterocycles. The van der Waals surface area contributed by atoms with E-state index in [4.69, 9.17) is 4.74 Å². The van der Waals surface area contributed by atoms with Crippen LogP contribution >= 0.6 is 0 Å². The molecule has 0 aromatic heterocycles. The summed E-state index contributed by atoms with van der Waals surface area (Å²) in [5.74, 6) is -1.11. The van der Waals surface area contributed by atoms with E-state index in [0.717, 1.165) is 13.0 Å². The number of carbonyl (C=O) groups excluding carboxylic acids is 2. The van der Waals surface area contributed by atoms with Crippen LogP contribution in [-0.4, -0.2) is 31.6 Å². The third-order valence-corrected chi connectivity index (χ3v) is 3.96. The van der Waals surface area contributed by atoms with Crippen LogP contribution in [-0.2, 0) is 14.3 Å². The highest BCUT2D eigenvalue weighted by molar-refractivity contribution is 6.01. The Balaban J connectivity index is 1.72. The van der Waals surface area contributed by atoms with Gasteiger partial charge in [-0.3, -0.25) is 9.59 Å². The lowest BCUT2D eigenvalue weighted by Gasteiger charge is -2.25. The predicted molar refractivity (Wildman–Crippen MR) is 74.3 cm³/mol. The summed E-state index contributed by atoms with van der Waals surface area (Å²) in [7, 11) is 0. The van der Waals surface area contributed by atoms with Crippen LogP contribution in [0, 0.1) is 11.7 Å². The smallest absolute Gasteiger partial charge is 0.228 e. The lowest BCUT2D eigenvalue weighted by atomic mass is 9.89. The minimum Gasteiger partial charge on any atom is -0.381 e. The number of amides is 2. The van der Waals surface area contributed by atoms with Crippen molar-refractivity contribution in [3.8, 4) is 0 Å². The van der Waals surface area contributed by atoms with Gasteiger partial charge in [-0.05, 0) is 24.1 Å². The van der Waals surface area contributed by atoms with Crippen LogP contribution < -0.4 is 10.6 Å².